The molecule has 0 atom stereocenters. The lowest BCUT2D eigenvalue weighted by atomic mass is 10.0. The topological polar surface area (TPSA) is 43.4 Å². The quantitative estimate of drug-likeness (QED) is 0.223. The Morgan fingerprint density at radius 3 is 1.62 bits per heavy atom. The second-order valence-corrected chi connectivity index (χ2v) is 5.84. The fraction of sp³-hybridized carbons (Fsp3) is 0.889. The van der Waals surface area contributed by atoms with Crippen molar-refractivity contribution in [2.45, 2.75) is 96.8 Å². The van der Waals surface area contributed by atoms with Crippen molar-refractivity contribution in [1.82, 2.24) is 0 Å². The Kier molecular flexibility index (Phi) is 16.5. The lowest BCUT2D eigenvalue weighted by molar-refractivity contribution is -0.145. The van der Waals surface area contributed by atoms with Gasteiger partial charge in [-0.3, -0.25) is 9.59 Å². The van der Waals surface area contributed by atoms with Gasteiger partial charge >= 0.3 is 5.97 Å². The van der Waals surface area contributed by atoms with Crippen LogP contribution in [-0.2, 0) is 14.3 Å². The maximum atomic E-state index is 11.1. The molecule has 0 aliphatic rings. The van der Waals surface area contributed by atoms with Gasteiger partial charge in [0.25, 0.3) is 0 Å². The van der Waals surface area contributed by atoms with E-state index < -0.39 is 0 Å². The van der Waals surface area contributed by atoms with E-state index in [9.17, 15) is 9.59 Å². The highest BCUT2D eigenvalue weighted by Crippen LogP contribution is 2.12. The van der Waals surface area contributed by atoms with Crippen LogP contribution < -0.4 is 0 Å². The monoisotopic (exact) mass is 298 g/mol. The van der Waals surface area contributed by atoms with E-state index in [1.807, 2.05) is 0 Å². The summed E-state index contributed by atoms with van der Waals surface area (Å²) in [4.78, 5) is 21.1. The van der Waals surface area contributed by atoms with Gasteiger partial charge < -0.3 is 4.74 Å². The van der Waals surface area contributed by atoms with E-state index in [2.05, 4.69) is 6.92 Å². The molecular weight excluding hydrogens is 264 g/mol. The standard InChI is InChI=1S/C18H34O3/c1-2-3-4-5-6-7-8-9-10-11-12-13-14-15-18(20)21-17-16-19/h16H,2-15,17H2,1H3. The Hall–Kier alpha value is -0.860. The highest BCUT2D eigenvalue weighted by molar-refractivity contribution is 5.71. The van der Waals surface area contributed by atoms with Crippen molar-refractivity contribution >= 4 is 12.3 Å². The number of hydrogen-bond acceptors (Lipinski definition) is 3. The molecule has 0 heterocycles. The van der Waals surface area contributed by atoms with Gasteiger partial charge in [0.05, 0.1) is 0 Å². The number of aldehydes is 1. The number of carbonyl (C=O) groups is 2. The average molecular weight is 298 g/mol. The van der Waals surface area contributed by atoms with Crippen LogP contribution in [0.4, 0.5) is 0 Å². The van der Waals surface area contributed by atoms with E-state index in [0.717, 1.165) is 12.8 Å². The molecule has 0 bridgehead atoms. The Morgan fingerprint density at radius 1 is 0.762 bits per heavy atom. The van der Waals surface area contributed by atoms with Gasteiger partial charge in [0, 0.05) is 6.42 Å². The third-order valence-corrected chi connectivity index (χ3v) is 3.80. The van der Waals surface area contributed by atoms with Crippen LogP contribution in [0.5, 0.6) is 0 Å². The van der Waals surface area contributed by atoms with Gasteiger partial charge in [0.15, 0.2) is 6.29 Å². The molecule has 0 radical (unpaired) electrons. The van der Waals surface area contributed by atoms with Gasteiger partial charge in [0.1, 0.15) is 6.61 Å². The van der Waals surface area contributed by atoms with Crippen LogP contribution in [0.3, 0.4) is 0 Å². The van der Waals surface area contributed by atoms with Crippen molar-refractivity contribution in [1.29, 1.82) is 0 Å². The minimum absolute atomic E-state index is 0.0999. The van der Waals surface area contributed by atoms with Crippen LogP contribution in [0.25, 0.3) is 0 Å². The maximum Gasteiger partial charge on any atom is 0.306 e. The summed E-state index contributed by atoms with van der Waals surface area (Å²) in [6.07, 6.45) is 17.9. The molecule has 0 amide bonds. The predicted molar refractivity (Wildman–Crippen MR) is 87.3 cm³/mol. The molecular formula is C18H34O3. The Labute approximate surface area is 130 Å². The number of carbonyl (C=O) groups excluding carboxylic acids is 2. The first kappa shape index (κ1) is 20.1. The number of ether oxygens (including phenoxy) is 1. The highest BCUT2D eigenvalue weighted by Gasteiger charge is 2.01. The molecule has 0 aliphatic carbocycles. The number of esters is 1. The molecule has 3 heteroatoms. The van der Waals surface area contributed by atoms with E-state index >= 15 is 0 Å². The van der Waals surface area contributed by atoms with E-state index in [1.165, 1.54) is 70.6 Å². The zero-order chi connectivity index (χ0) is 15.6. The summed E-state index contributed by atoms with van der Waals surface area (Å²) in [6.45, 7) is 2.16. The minimum atomic E-state index is -0.245. The van der Waals surface area contributed by atoms with Gasteiger partial charge in [-0.2, -0.15) is 0 Å². The molecule has 0 unspecified atom stereocenters. The van der Waals surface area contributed by atoms with Gasteiger partial charge in [-0.25, -0.2) is 0 Å². The molecule has 3 nitrogen and oxygen atoms in total. The molecule has 124 valence electrons. The van der Waals surface area contributed by atoms with E-state index in [0.29, 0.717) is 12.7 Å². The van der Waals surface area contributed by atoms with Crippen molar-refractivity contribution < 1.29 is 14.3 Å². The zero-order valence-corrected chi connectivity index (χ0v) is 13.9. The normalized spacial score (nSPS) is 10.5. The van der Waals surface area contributed by atoms with Crippen molar-refractivity contribution in [3.63, 3.8) is 0 Å². The molecule has 21 heavy (non-hydrogen) atoms. The van der Waals surface area contributed by atoms with E-state index in [-0.39, 0.29) is 12.6 Å². The summed E-state index contributed by atoms with van der Waals surface area (Å²) in [5.74, 6) is -0.245. The summed E-state index contributed by atoms with van der Waals surface area (Å²) in [5, 5.41) is 0. The molecule has 0 saturated carbocycles. The van der Waals surface area contributed by atoms with Gasteiger partial charge in [-0.1, -0.05) is 84.0 Å². The molecule has 0 aromatic carbocycles. The largest absolute Gasteiger partial charge is 0.458 e. The van der Waals surface area contributed by atoms with Crippen LogP contribution in [0.2, 0.25) is 0 Å². The molecule has 0 rings (SSSR count). The van der Waals surface area contributed by atoms with Crippen LogP contribution in [0, 0.1) is 0 Å². The first-order valence-corrected chi connectivity index (χ1v) is 8.90. The second-order valence-electron chi connectivity index (χ2n) is 5.84. The summed E-state index contributed by atoms with van der Waals surface area (Å²) in [6, 6.07) is 0. The number of unbranched alkanes of at least 4 members (excludes halogenated alkanes) is 12. The molecule has 0 spiro atoms. The SMILES string of the molecule is CCCCCCCCCCCCCCCC(=O)OCC=O. The van der Waals surface area contributed by atoms with Crippen LogP contribution in [0.1, 0.15) is 96.8 Å². The third-order valence-electron chi connectivity index (χ3n) is 3.80. The van der Waals surface area contributed by atoms with Gasteiger partial charge in [-0.15, -0.1) is 0 Å². The van der Waals surface area contributed by atoms with E-state index in [4.69, 9.17) is 4.74 Å². The van der Waals surface area contributed by atoms with Gasteiger partial charge in [0.2, 0.25) is 0 Å². The van der Waals surface area contributed by atoms with Crippen molar-refractivity contribution in [3.8, 4) is 0 Å². The number of hydrogen-bond donors (Lipinski definition) is 0. The first-order valence-electron chi connectivity index (χ1n) is 8.90. The molecule has 0 aliphatic heterocycles. The fourth-order valence-electron chi connectivity index (χ4n) is 2.49. The minimum Gasteiger partial charge on any atom is -0.458 e. The Bertz CT molecular complexity index is 239. The lowest BCUT2D eigenvalue weighted by Gasteiger charge is -2.03. The zero-order valence-electron chi connectivity index (χ0n) is 13.9. The van der Waals surface area contributed by atoms with Crippen LogP contribution >= 0.6 is 0 Å². The maximum absolute atomic E-state index is 11.1. The Balaban J connectivity index is 3.05. The summed E-state index contributed by atoms with van der Waals surface area (Å²) < 4.78 is 4.69. The van der Waals surface area contributed by atoms with Gasteiger partial charge in [-0.05, 0) is 6.42 Å². The predicted octanol–water partition coefficient (Wildman–Crippen LogP) is 5.21. The van der Waals surface area contributed by atoms with E-state index in [1.54, 1.807) is 0 Å². The highest BCUT2D eigenvalue weighted by atomic mass is 16.5. The Morgan fingerprint density at radius 2 is 1.19 bits per heavy atom. The first-order chi connectivity index (χ1) is 10.3. The third kappa shape index (κ3) is 17.1. The van der Waals surface area contributed by atoms with Crippen molar-refractivity contribution in [2.75, 3.05) is 6.61 Å². The summed E-state index contributed by atoms with van der Waals surface area (Å²) in [7, 11) is 0. The summed E-state index contributed by atoms with van der Waals surface area (Å²) in [5.41, 5.74) is 0. The van der Waals surface area contributed by atoms with Crippen molar-refractivity contribution in [2.24, 2.45) is 0 Å². The van der Waals surface area contributed by atoms with Crippen LogP contribution in [-0.4, -0.2) is 18.9 Å². The van der Waals surface area contributed by atoms with Crippen LogP contribution in [0.15, 0.2) is 0 Å². The second kappa shape index (κ2) is 17.2. The fourth-order valence-corrected chi connectivity index (χ4v) is 2.49. The number of rotatable bonds is 16. The molecule has 0 aromatic heterocycles. The molecule has 0 aromatic rings. The van der Waals surface area contributed by atoms with Crippen molar-refractivity contribution in [3.05, 3.63) is 0 Å². The smallest absolute Gasteiger partial charge is 0.306 e. The molecule has 0 N–H and O–H groups in total. The molecule has 0 saturated heterocycles. The molecule has 0 fully saturated rings. The summed E-state index contributed by atoms with van der Waals surface area (Å²) >= 11 is 0. The average Bonchev–Trinajstić information content (AvgIpc) is 2.49. The lowest BCUT2D eigenvalue weighted by Crippen LogP contribution is -2.05.